The van der Waals surface area contributed by atoms with Crippen molar-refractivity contribution in [2.45, 2.75) is 32.2 Å². The van der Waals surface area contributed by atoms with Crippen LogP contribution in [0, 0.1) is 5.92 Å². The molecule has 35 heavy (non-hydrogen) atoms. The van der Waals surface area contributed by atoms with E-state index in [1.807, 2.05) is 13.8 Å². The van der Waals surface area contributed by atoms with Gasteiger partial charge in [0, 0.05) is 48.9 Å². The third-order valence-corrected chi connectivity index (χ3v) is 5.43. The van der Waals surface area contributed by atoms with Crippen LogP contribution in [0.2, 0.25) is 0 Å². The van der Waals surface area contributed by atoms with Crippen molar-refractivity contribution in [1.82, 2.24) is 4.90 Å². The summed E-state index contributed by atoms with van der Waals surface area (Å²) >= 11 is 0. The van der Waals surface area contributed by atoms with Crippen LogP contribution in [0.15, 0.2) is 65.3 Å². The molecule has 2 aromatic rings. The van der Waals surface area contributed by atoms with E-state index in [2.05, 4.69) is 15.0 Å². The molecule has 1 aliphatic heterocycles. The SMILES string of the molecule is CN=CC(=CN)[C@H]1[C@H](C(=O)Nc2cccc(OC(F)(F)F)c2)c2ccccc2C(=O)N1CC(C)C. The lowest BCUT2D eigenvalue weighted by atomic mass is 9.79. The van der Waals surface area contributed by atoms with Crippen LogP contribution in [0.4, 0.5) is 18.9 Å². The number of benzene rings is 2. The van der Waals surface area contributed by atoms with E-state index in [1.54, 1.807) is 36.2 Å². The summed E-state index contributed by atoms with van der Waals surface area (Å²) < 4.78 is 41.9. The predicted octanol–water partition coefficient (Wildman–Crippen LogP) is 4.33. The monoisotopic (exact) mass is 488 g/mol. The van der Waals surface area contributed by atoms with Gasteiger partial charge in [0.05, 0.1) is 12.0 Å². The third-order valence-electron chi connectivity index (χ3n) is 5.43. The number of hydrogen-bond acceptors (Lipinski definition) is 5. The number of alkyl halides is 3. The zero-order chi connectivity index (χ0) is 25.8. The molecule has 0 saturated heterocycles. The fraction of sp³-hybridized carbons (Fsp3) is 0.320. The first kappa shape index (κ1) is 25.8. The molecule has 0 spiro atoms. The second kappa shape index (κ2) is 10.6. The molecule has 0 unspecified atom stereocenters. The van der Waals surface area contributed by atoms with Gasteiger partial charge in [0.15, 0.2) is 0 Å². The van der Waals surface area contributed by atoms with Crippen LogP contribution >= 0.6 is 0 Å². The molecule has 2 amide bonds. The summed E-state index contributed by atoms with van der Waals surface area (Å²) in [5.41, 5.74) is 7.34. The van der Waals surface area contributed by atoms with Crippen LogP contribution < -0.4 is 15.8 Å². The predicted molar refractivity (Wildman–Crippen MR) is 127 cm³/mol. The average Bonchev–Trinajstić information content (AvgIpc) is 2.78. The lowest BCUT2D eigenvalue weighted by Crippen LogP contribution is -2.53. The zero-order valence-electron chi connectivity index (χ0n) is 19.5. The molecule has 0 radical (unpaired) electrons. The van der Waals surface area contributed by atoms with Crippen LogP contribution in [-0.4, -0.2) is 48.9 Å². The number of rotatable bonds is 7. The summed E-state index contributed by atoms with van der Waals surface area (Å²) in [6.07, 6.45) is -2.06. The number of amides is 2. The van der Waals surface area contributed by atoms with Crippen molar-refractivity contribution in [3.8, 4) is 5.75 Å². The van der Waals surface area contributed by atoms with E-state index in [-0.39, 0.29) is 17.5 Å². The summed E-state index contributed by atoms with van der Waals surface area (Å²) in [6.45, 7) is 4.25. The van der Waals surface area contributed by atoms with E-state index in [0.29, 0.717) is 23.2 Å². The molecule has 7 nitrogen and oxygen atoms in total. The molecule has 1 aliphatic rings. The van der Waals surface area contributed by atoms with Crippen molar-refractivity contribution in [3.63, 3.8) is 0 Å². The Hall–Kier alpha value is -3.82. The molecule has 2 atom stereocenters. The summed E-state index contributed by atoms with van der Waals surface area (Å²) in [6, 6.07) is 11.0. The number of halogens is 3. The van der Waals surface area contributed by atoms with Crippen molar-refractivity contribution in [2.75, 3.05) is 18.9 Å². The number of nitrogens with two attached hydrogens (primary N) is 1. The van der Waals surface area contributed by atoms with Gasteiger partial charge in [-0.15, -0.1) is 13.2 Å². The van der Waals surface area contributed by atoms with Crippen molar-refractivity contribution < 1.29 is 27.5 Å². The van der Waals surface area contributed by atoms with E-state index in [4.69, 9.17) is 5.73 Å². The van der Waals surface area contributed by atoms with Gasteiger partial charge in [0.2, 0.25) is 5.91 Å². The highest BCUT2D eigenvalue weighted by atomic mass is 19.4. The lowest BCUT2D eigenvalue weighted by molar-refractivity contribution is -0.274. The highest BCUT2D eigenvalue weighted by molar-refractivity contribution is 6.06. The van der Waals surface area contributed by atoms with E-state index < -0.39 is 30.0 Å². The van der Waals surface area contributed by atoms with Gasteiger partial charge in [-0.3, -0.25) is 14.6 Å². The van der Waals surface area contributed by atoms with Crippen LogP contribution in [0.1, 0.15) is 35.7 Å². The molecular formula is C25H27F3N4O3. The molecule has 0 fully saturated rings. The number of nitrogens with one attached hydrogen (secondary N) is 1. The number of aliphatic imine (C=N–C) groups is 1. The molecule has 0 aromatic heterocycles. The molecule has 186 valence electrons. The van der Waals surface area contributed by atoms with Crippen molar-refractivity contribution >= 4 is 23.7 Å². The Morgan fingerprint density at radius 3 is 2.57 bits per heavy atom. The van der Waals surface area contributed by atoms with Gasteiger partial charge in [0.25, 0.3) is 5.91 Å². The summed E-state index contributed by atoms with van der Waals surface area (Å²) in [4.78, 5) is 32.8. The zero-order valence-corrected chi connectivity index (χ0v) is 19.5. The summed E-state index contributed by atoms with van der Waals surface area (Å²) in [5, 5.41) is 2.68. The van der Waals surface area contributed by atoms with Crippen molar-refractivity contribution in [2.24, 2.45) is 16.6 Å². The minimum absolute atomic E-state index is 0.0872. The second-order valence-electron chi connectivity index (χ2n) is 8.48. The first-order valence-electron chi connectivity index (χ1n) is 11.0. The summed E-state index contributed by atoms with van der Waals surface area (Å²) in [5.74, 6) is -2.04. The molecule has 1 heterocycles. The van der Waals surface area contributed by atoms with E-state index in [1.165, 1.54) is 24.5 Å². The Balaban J connectivity index is 2.08. The van der Waals surface area contributed by atoms with Gasteiger partial charge >= 0.3 is 6.36 Å². The van der Waals surface area contributed by atoms with Gasteiger partial charge in [-0.25, -0.2) is 0 Å². The normalized spacial score (nSPS) is 18.7. The standard InChI is InChI=1S/C25H27F3N4O3/c1-15(2)14-32-22(16(12-29)13-30-3)21(19-9-4-5-10-20(19)24(32)34)23(33)31-17-7-6-8-18(11-17)35-25(26,27)28/h4-13,15,21-22H,14,29H2,1-3H3,(H,31,33)/t21-,22+/m1/s1. The topological polar surface area (TPSA) is 97.0 Å². The maximum Gasteiger partial charge on any atom is 0.573 e. The highest BCUT2D eigenvalue weighted by Crippen LogP contribution is 2.38. The van der Waals surface area contributed by atoms with Gasteiger partial charge in [-0.2, -0.15) is 0 Å². The largest absolute Gasteiger partial charge is 0.573 e. The molecule has 0 saturated carbocycles. The minimum atomic E-state index is -4.87. The maximum atomic E-state index is 13.7. The highest BCUT2D eigenvalue weighted by Gasteiger charge is 2.44. The Labute approximate surface area is 201 Å². The Morgan fingerprint density at radius 2 is 1.94 bits per heavy atom. The van der Waals surface area contributed by atoms with Gasteiger partial charge in [-0.05, 0) is 29.7 Å². The minimum Gasteiger partial charge on any atom is -0.406 e. The van der Waals surface area contributed by atoms with Crippen LogP contribution in [-0.2, 0) is 4.79 Å². The third kappa shape index (κ3) is 6.00. The molecule has 3 N–H and O–H groups in total. The van der Waals surface area contributed by atoms with E-state index >= 15 is 0 Å². The van der Waals surface area contributed by atoms with Gasteiger partial charge in [-0.1, -0.05) is 38.1 Å². The Morgan fingerprint density at radius 1 is 1.23 bits per heavy atom. The number of fused-ring (bicyclic) bond motifs is 1. The lowest BCUT2D eigenvalue weighted by Gasteiger charge is -2.42. The first-order chi connectivity index (χ1) is 16.6. The number of ether oxygens (including phenoxy) is 1. The Bertz CT molecular complexity index is 1140. The number of carbonyl (C=O) groups excluding carboxylic acids is 2. The number of hydrogen-bond donors (Lipinski definition) is 2. The first-order valence-corrected chi connectivity index (χ1v) is 11.0. The van der Waals surface area contributed by atoms with Crippen molar-refractivity contribution in [1.29, 1.82) is 0 Å². The molecule has 0 bridgehead atoms. The number of anilines is 1. The average molecular weight is 489 g/mol. The molecular weight excluding hydrogens is 461 g/mol. The maximum absolute atomic E-state index is 13.7. The second-order valence-corrected chi connectivity index (χ2v) is 8.48. The molecule has 2 aromatic carbocycles. The molecule has 10 heteroatoms. The van der Waals surface area contributed by atoms with E-state index in [9.17, 15) is 22.8 Å². The van der Waals surface area contributed by atoms with Gasteiger partial charge in [0.1, 0.15) is 5.75 Å². The number of nitrogens with zero attached hydrogens (tertiary/aromatic N) is 2. The van der Waals surface area contributed by atoms with E-state index in [0.717, 1.165) is 12.1 Å². The van der Waals surface area contributed by atoms with Crippen molar-refractivity contribution in [3.05, 3.63) is 71.4 Å². The molecule has 3 rings (SSSR count). The fourth-order valence-corrected chi connectivity index (χ4v) is 4.20. The van der Waals surface area contributed by atoms with Gasteiger partial charge < -0.3 is 20.7 Å². The smallest absolute Gasteiger partial charge is 0.406 e. The van der Waals surface area contributed by atoms with Crippen LogP contribution in [0.3, 0.4) is 0 Å². The molecule has 0 aliphatic carbocycles. The summed E-state index contributed by atoms with van der Waals surface area (Å²) in [7, 11) is 1.55. The Kier molecular flexibility index (Phi) is 7.83. The quantitative estimate of drug-likeness (QED) is 0.567. The fourth-order valence-electron chi connectivity index (χ4n) is 4.20. The van der Waals surface area contributed by atoms with Crippen LogP contribution in [0.25, 0.3) is 0 Å². The number of carbonyl (C=O) groups is 2. The van der Waals surface area contributed by atoms with Crippen LogP contribution in [0.5, 0.6) is 5.75 Å².